The molecule has 2 aromatic rings. The van der Waals surface area contributed by atoms with E-state index in [9.17, 15) is 0 Å². The van der Waals surface area contributed by atoms with Crippen LogP contribution in [0.25, 0.3) is 0 Å². The third kappa shape index (κ3) is 2.38. The lowest BCUT2D eigenvalue weighted by Crippen LogP contribution is -2.16. The minimum absolute atomic E-state index is 0.535. The Morgan fingerprint density at radius 1 is 1.17 bits per heavy atom. The summed E-state index contributed by atoms with van der Waals surface area (Å²) < 4.78 is 11.1. The first kappa shape index (κ1) is 11.3. The maximum absolute atomic E-state index is 5.75. The molecule has 1 aromatic heterocycles. The van der Waals surface area contributed by atoms with Crippen molar-refractivity contribution in [1.82, 2.24) is 10.5 Å². The van der Waals surface area contributed by atoms with Gasteiger partial charge in [-0.2, -0.15) is 0 Å². The molecule has 0 saturated heterocycles. The highest BCUT2D eigenvalue weighted by molar-refractivity contribution is 5.30. The molecule has 0 amide bonds. The van der Waals surface area contributed by atoms with Gasteiger partial charge >= 0.3 is 0 Å². The summed E-state index contributed by atoms with van der Waals surface area (Å²) in [6.45, 7) is 2.43. The van der Waals surface area contributed by atoms with Crippen molar-refractivity contribution in [3.63, 3.8) is 0 Å². The van der Waals surface area contributed by atoms with E-state index in [1.165, 1.54) is 0 Å². The van der Waals surface area contributed by atoms with E-state index in [1.54, 1.807) is 0 Å². The lowest BCUT2D eigenvalue weighted by atomic mass is 10.1. The number of nitrogens with one attached hydrogen (secondary N) is 1. The Bertz CT molecular complexity index is 508. The summed E-state index contributed by atoms with van der Waals surface area (Å²) >= 11 is 0. The molecule has 1 aliphatic heterocycles. The zero-order valence-electron chi connectivity index (χ0n) is 10.2. The molecule has 0 unspecified atom stereocenters. The Hall–Kier alpha value is -1.81. The number of hydrogen-bond donors (Lipinski definition) is 1. The minimum atomic E-state index is 0.535. The van der Waals surface area contributed by atoms with Crippen LogP contribution >= 0.6 is 0 Å². The molecule has 4 nitrogen and oxygen atoms in total. The van der Waals surface area contributed by atoms with Crippen molar-refractivity contribution in [3.8, 4) is 5.88 Å². The third-order valence-corrected chi connectivity index (χ3v) is 3.13. The van der Waals surface area contributed by atoms with E-state index in [2.05, 4.69) is 10.5 Å². The van der Waals surface area contributed by atoms with Gasteiger partial charge in [0, 0.05) is 13.0 Å². The Labute approximate surface area is 106 Å². The largest absolute Gasteiger partial charge is 0.470 e. The van der Waals surface area contributed by atoms with E-state index < -0.39 is 0 Å². The van der Waals surface area contributed by atoms with Gasteiger partial charge in [-0.25, -0.2) is 0 Å². The van der Waals surface area contributed by atoms with E-state index in [4.69, 9.17) is 9.26 Å². The van der Waals surface area contributed by atoms with Crippen LogP contribution in [0.5, 0.6) is 5.88 Å². The average molecular weight is 244 g/mol. The molecule has 1 N–H and O–H groups in total. The van der Waals surface area contributed by atoms with Crippen LogP contribution in [0, 0.1) is 0 Å². The number of ether oxygens (including phenoxy) is 1. The van der Waals surface area contributed by atoms with E-state index in [0.29, 0.717) is 12.5 Å². The Balaban J connectivity index is 1.72. The Morgan fingerprint density at radius 3 is 2.89 bits per heavy atom. The summed E-state index contributed by atoms with van der Waals surface area (Å²) in [5, 5.41) is 7.37. The first-order chi connectivity index (χ1) is 8.93. The van der Waals surface area contributed by atoms with Gasteiger partial charge in [-0.05, 0) is 23.7 Å². The first-order valence-electron chi connectivity index (χ1n) is 6.28. The first-order valence-corrected chi connectivity index (χ1v) is 6.28. The zero-order chi connectivity index (χ0) is 12.2. The second kappa shape index (κ2) is 5.23. The number of fused-ring (bicyclic) bond motifs is 1. The summed E-state index contributed by atoms with van der Waals surface area (Å²) in [6, 6.07) is 10.1. The van der Waals surface area contributed by atoms with Gasteiger partial charge < -0.3 is 14.6 Å². The summed E-state index contributed by atoms with van der Waals surface area (Å²) in [6.07, 6.45) is 1.81. The predicted octanol–water partition coefficient (Wildman–Crippen LogP) is 1.94. The van der Waals surface area contributed by atoms with Crippen molar-refractivity contribution in [1.29, 1.82) is 0 Å². The van der Waals surface area contributed by atoms with Crippen LogP contribution in [0.15, 0.2) is 34.9 Å². The smallest absolute Gasteiger partial charge is 0.257 e. The van der Waals surface area contributed by atoms with Crippen molar-refractivity contribution in [3.05, 3.63) is 47.2 Å². The molecule has 1 aromatic carbocycles. The van der Waals surface area contributed by atoms with Crippen LogP contribution in [-0.2, 0) is 19.4 Å². The molecule has 0 spiro atoms. The molecule has 0 saturated carbocycles. The fraction of sp³-hybridized carbons (Fsp3) is 0.357. The maximum atomic E-state index is 5.75. The van der Waals surface area contributed by atoms with Gasteiger partial charge in [-0.1, -0.05) is 30.3 Å². The highest BCUT2D eigenvalue weighted by Gasteiger charge is 2.18. The van der Waals surface area contributed by atoms with Crippen LogP contribution in [-0.4, -0.2) is 18.2 Å². The molecule has 0 aliphatic carbocycles. The fourth-order valence-electron chi connectivity index (χ4n) is 2.15. The number of nitrogens with zero attached hydrogens (tertiary/aromatic N) is 1. The third-order valence-electron chi connectivity index (χ3n) is 3.13. The number of benzene rings is 1. The van der Waals surface area contributed by atoms with Crippen LogP contribution in [0.4, 0.5) is 0 Å². The predicted molar refractivity (Wildman–Crippen MR) is 67.6 cm³/mol. The summed E-state index contributed by atoms with van der Waals surface area (Å²) in [4.78, 5) is 0. The maximum Gasteiger partial charge on any atom is 0.257 e. The van der Waals surface area contributed by atoms with Gasteiger partial charge in [0.1, 0.15) is 12.4 Å². The van der Waals surface area contributed by atoms with Crippen molar-refractivity contribution in [2.24, 2.45) is 0 Å². The van der Waals surface area contributed by atoms with Crippen LogP contribution in [0.3, 0.4) is 0 Å². The van der Waals surface area contributed by atoms with E-state index in [1.807, 2.05) is 30.3 Å². The molecule has 1 aliphatic rings. The van der Waals surface area contributed by atoms with E-state index >= 15 is 0 Å². The summed E-state index contributed by atoms with van der Waals surface area (Å²) in [5.41, 5.74) is 2.26. The lowest BCUT2D eigenvalue weighted by Gasteiger charge is -2.04. The fourth-order valence-corrected chi connectivity index (χ4v) is 2.15. The SMILES string of the molecule is c1ccc(COc2noc3c2CCNCC3)cc1. The van der Waals surface area contributed by atoms with Gasteiger partial charge in [-0.3, -0.25) is 0 Å². The molecule has 0 bridgehead atoms. The molecule has 18 heavy (non-hydrogen) atoms. The number of hydrogen-bond acceptors (Lipinski definition) is 4. The van der Waals surface area contributed by atoms with Crippen molar-refractivity contribution in [2.75, 3.05) is 13.1 Å². The molecule has 0 fully saturated rings. The molecule has 0 radical (unpaired) electrons. The summed E-state index contributed by atoms with van der Waals surface area (Å²) in [7, 11) is 0. The van der Waals surface area contributed by atoms with Gasteiger partial charge in [0.2, 0.25) is 0 Å². The number of aromatic nitrogens is 1. The molecule has 0 atom stereocenters. The molecule has 3 rings (SSSR count). The highest BCUT2D eigenvalue weighted by atomic mass is 16.5. The van der Waals surface area contributed by atoms with Crippen molar-refractivity contribution < 1.29 is 9.26 Å². The van der Waals surface area contributed by atoms with Crippen molar-refractivity contribution in [2.45, 2.75) is 19.4 Å². The standard InChI is InChI=1S/C14H16N2O2/c1-2-4-11(5-3-1)10-17-14-12-6-8-15-9-7-13(12)18-16-14/h1-5,15H,6-10H2. The Morgan fingerprint density at radius 2 is 2.00 bits per heavy atom. The Kier molecular flexibility index (Phi) is 3.28. The lowest BCUT2D eigenvalue weighted by molar-refractivity contribution is 0.264. The van der Waals surface area contributed by atoms with Crippen LogP contribution in [0.1, 0.15) is 16.9 Å². The molecule has 94 valence electrons. The van der Waals surface area contributed by atoms with Crippen molar-refractivity contribution >= 4 is 0 Å². The quantitative estimate of drug-likeness (QED) is 0.896. The van der Waals surface area contributed by atoms with E-state index in [-0.39, 0.29) is 0 Å². The monoisotopic (exact) mass is 244 g/mol. The topological polar surface area (TPSA) is 47.3 Å². The number of rotatable bonds is 3. The second-order valence-corrected chi connectivity index (χ2v) is 4.41. The van der Waals surface area contributed by atoms with Gasteiger partial charge in [0.15, 0.2) is 0 Å². The van der Waals surface area contributed by atoms with Crippen LogP contribution in [0.2, 0.25) is 0 Å². The molecule has 2 heterocycles. The summed E-state index contributed by atoms with van der Waals surface area (Å²) in [5.74, 6) is 1.61. The molecular formula is C14H16N2O2. The normalized spacial score (nSPS) is 14.9. The highest BCUT2D eigenvalue weighted by Crippen LogP contribution is 2.24. The van der Waals surface area contributed by atoms with Gasteiger partial charge in [0.05, 0.1) is 5.56 Å². The van der Waals surface area contributed by atoms with E-state index in [0.717, 1.165) is 42.8 Å². The molecule has 4 heteroatoms. The van der Waals surface area contributed by atoms with Gasteiger partial charge in [-0.15, -0.1) is 0 Å². The second-order valence-electron chi connectivity index (χ2n) is 4.41. The van der Waals surface area contributed by atoms with Gasteiger partial charge in [0.25, 0.3) is 5.88 Å². The zero-order valence-corrected chi connectivity index (χ0v) is 10.2. The van der Waals surface area contributed by atoms with Crippen LogP contribution < -0.4 is 10.1 Å². The average Bonchev–Trinajstić information content (AvgIpc) is 2.65. The minimum Gasteiger partial charge on any atom is -0.470 e. The molecular weight excluding hydrogens is 228 g/mol.